The maximum atomic E-state index is 13.4. The molecule has 0 bridgehead atoms. The molecule has 0 saturated carbocycles. The predicted octanol–water partition coefficient (Wildman–Crippen LogP) is 0.655. The van der Waals surface area contributed by atoms with Crippen LogP contribution in [0, 0.1) is 5.41 Å². The Balaban J connectivity index is 2.29. The fourth-order valence-electron chi connectivity index (χ4n) is 3.13. The Hall–Kier alpha value is -1.31. The first kappa shape index (κ1) is 16.1. The van der Waals surface area contributed by atoms with Gasteiger partial charge in [-0.1, -0.05) is 0 Å². The number of rotatable bonds is 2. The maximum absolute atomic E-state index is 13.4. The molecule has 120 valence electrons. The normalized spacial score (nSPS) is 30.3. The summed E-state index contributed by atoms with van der Waals surface area (Å²) in [5, 5.41) is 5.06. The lowest BCUT2D eigenvalue weighted by Crippen LogP contribution is -2.60. The second-order valence-corrected chi connectivity index (χ2v) is 5.63. The SMILES string of the molecule is CNC(=O)C1CCCCN1C(=O)C1(C(F)(F)F)CCNC1. The number of carbonyl (C=O) groups excluding carboxylic acids is 2. The van der Waals surface area contributed by atoms with Gasteiger partial charge in [0.05, 0.1) is 0 Å². The van der Waals surface area contributed by atoms with Crippen molar-refractivity contribution in [1.29, 1.82) is 0 Å². The van der Waals surface area contributed by atoms with Gasteiger partial charge in [-0.2, -0.15) is 13.2 Å². The van der Waals surface area contributed by atoms with E-state index in [1.807, 2.05) is 0 Å². The van der Waals surface area contributed by atoms with Gasteiger partial charge in [0.1, 0.15) is 6.04 Å². The molecule has 2 atom stereocenters. The van der Waals surface area contributed by atoms with Gasteiger partial charge in [-0.25, -0.2) is 0 Å². The maximum Gasteiger partial charge on any atom is 0.404 e. The van der Waals surface area contributed by atoms with E-state index in [-0.39, 0.29) is 19.5 Å². The topological polar surface area (TPSA) is 61.4 Å². The van der Waals surface area contributed by atoms with Gasteiger partial charge in [0.2, 0.25) is 11.8 Å². The van der Waals surface area contributed by atoms with Crippen molar-refractivity contribution >= 4 is 11.8 Å². The number of carbonyl (C=O) groups is 2. The molecule has 2 fully saturated rings. The molecule has 2 saturated heterocycles. The van der Waals surface area contributed by atoms with Crippen LogP contribution in [0.2, 0.25) is 0 Å². The summed E-state index contributed by atoms with van der Waals surface area (Å²) in [7, 11) is 1.43. The van der Waals surface area contributed by atoms with Crippen molar-refractivity contribution in [1.82, 2.24) is 15.5 Å². The molecule has 0 spiro atoms. The number of likely N-dealkylation sites (N-methyl/N-ethyl adjacent to an activating group) is 1. The highest BCUT2D eigenvalue weighted by Gasteiger charge is 2.63. The van der Waals surface area contributed by atoms with Crippen molar-refractivity contribution in [3.05, 3.63) is 0 Å². The van der Waals surface area contributed by atoms with Crippen LogP contribution < -0.4 is 10.6 Å². The molecule has 0 aromatic rings. The first-order chi connectivity index (χ1) is 9.83. The summed E-state index contributed by atoms with van der Waals surface area (Å²) in [5.74, 6) is -1.36. The second-order valence-electron chi connectivity index (χ2n) is 5.63. The van der Waals surface area contributed by atoms with Crippen LogP contribution >= 0.6 is 0 Å². The molecule has 0 radical (unpaired) electrons. The lowest BCUT2D eigenvalue weighted by Gasteiger charge is -2.40. The van der Waals surface area contributed by atoms with Gasteiger partial charge in [0, 0.05) is 20.1 Å². The molecule has 0 aliphatic carbocycles. The third kappa shape index (κ3) is 2.73. The Morgan fingerprint density at radius 1 is 1.33 bits per heavy atom. The van der Waals surface area contributed by atoms with Crippen LogP contribution in [-0.4, -0.2) is 55.6 Å². The predicted molar refractivity (Wildman–Crippen MR) is 69.4 cm³/mol. The summed E-state index contributed by atoms with van der Waals surface area (Å²) in [4.78, 5) is 25.6. The molecular formula is C13H20F3N3O2. The standard InChI is InChI=1S/C13H20F3N3O2/c1-17-10(20)9-4-2-3-7-19(9)11(21)12(13(14,15)16)5-6-18-8-12/h9,18H,2-8H2,1H3,(H,17,20). The van der Waals surface area contributed by atoms with Gasteiger partial charge in [0.25, 0.3) is 0 Å². The van der Waals surface area contributed by atoms with Crippen LogP contribution in [0.15, 0.2) is 0 Å². The van der Waals surface area contributed by atoms with E-state index in [2.05, 4.69) is 10.6 Å². The minimum atomic E-state index is -4.61. The highest BCUT2D eigenvalue weighted by atomic mass is 19.4. The molecule has 2 aliphatic rings. The quantitative estimate of drug-likeness (QED) is 0.788. The third-order valence-corrected chi connectivity index (χ3v) is 4.42. The van der Waals surface area contributed by atoms with Crippen LogP contribution in [0.1, 0.15) is 25.7 Å². The van der Waals surface area contributed by atoms with Crippen molar-refractivity contribution in [2.24, 2.45) is 5.41 Å². The molecule has 5 nitrogen and oxygen atoms in total. The van der Waals surface area contributed by atoms with Crippen LogP contribution in [0.3, 0.4) is 0 Å². The first-order valence-corrected chi connectivity index (χ1v) is 7.13. The molecule has 2 aliphatic heterocycles. The second kappa shape index (κ2) is 5.82. The average molecular weight is 307 g/mol. The van der Waals surface area contributed by atoms with Crippen molar-refractivity contribution in [2.75, 3.05) is 26.7 Å². The van der Waals surface area contributed by atoms with Crippen molar-refractivity contribution in [2.45, 2.75) is 37.9 Å². The summed E-state index contributed by atoms with van der Waals surface area (Å²) in [6.45, 7) is -0.0508. The summed E-state index contributed by atoms with van der Waals surface area (Å²) in [6, 6.07) is -0.795. The zero-order chi connectivity index (χ0) is 15.7. The Morgan fingerprint density at radius 3 is 2.57 bits per heavy atom. The van der Waals surface area contributed by atoms with E-state index in [0.29, 0.717) is 12.8 Å². The van der Waals surface area contributed by atoms with E-state index in [0.717, 1.165) is 11.3 Å². The molecule has 2 amide bonds. The number of likely N-dealkylation sites (tertiary alicyclic amines) is 1. The Kier molecular flexibility index (Phi) is 4.46. The zero-order valence-corrected chi connectivity index (χ0v) is 11.9. The fraction of sp³-hybridized carbons (Fsp3) is 0.846. The number of nitrogens with zero attached hydrogens (tertiary/aromatic N) is 1. The zero-order valence-electron chi connectivity index (χ0n) is 11.9. The van der Waals surface area contributed by atoms with Gasteiger partial charge in [-0.3, -0.25) is 9.59 Å². The smallest absolute Gasteiger partial charge is 0.357 e. The minimum absolute atomic E-state index is 0.156. The van der Waals surface area contributed by atoms with E-state index in [1.165, 1.54) is 7.05 Å². The monoisotopic (exact) mass is 307 g/mol. The van der Waals surface area contributed by atoms with Crippen LogP contribution in [0.25, 0.3) is 0 Å². The number of alkyl halides is 3. The third-order valence-electron chi connectivity index (χ3n) is 4.42. The fourth-order valence-corrected chi connectivity index (χ4v) is 3.13. The Morgan fingerprint density at radius 2 is 2.05 bits per heavy atom. The van der Waals surface area contributed by atoms with Gasteiger partial charge < -0.3 is 15.5 Å². The number of piperidine rings is 1. The lowest BCUT2D eigenvalue weighted by atomic mass is 9.83. The largest absolute Gasteiger partial charge is 0.404 e. The number of hydrogen-bond acceptors (Lipinski definition) is 3. The molecule has 8 heteroatoms. The van der Waals surface area contributed by atoms with Crippen molar-refractivity contribution in [3.8, 4) is 0 Å². The highest BCUT2D eigenvalue weighted by Crippen LogP contribution is 2.45. The Labute approximate surface area is 121 Å². The van der Waals surface area contributed by atoms with Gasteiger partial charge in [-0.05, 0) is 32.2 Å². The molecule has 21 heavy (non-hydrogen) atoms. The van der Waals surface area contributed by atoms with E-state index in [9.17, 15) is 22.8 Å². The number of hydrogen-bond donors (Lipinski definition) is 2. The van der Waals surface area contributed by atoms with E-state index >= 15 is 0 Å². The molecular weight excluding hydrogens is 287 g/mol. The van der Waals surface area contributed by atoms with Crippen LogP contribution in [0.4, 0.5) is 13.2 Å². The van der Waals surface area contributed by atoms with Crippen LogP contribution in [0.5, 0.6) is 0 Å². The molecule has 2 N–H and O–H groups in total. The summed E-state index contributed by atoms with van der Waals surface area (Å²) >= 11 is 0. The van der Waals surface area contributed by atoms with Gasteiger partial charge in [-0.15, -0.1) is 0 Å². The molecule has 2 unspecified atom stereocenters. The van der Waals surface area contributed by atoms with E-state index in [1.54, 1.807) is 0 Å². The number of halogens is 3. The summed E-state index contributed by atoms with van der Waals surface area (Å²) in [6.07, 6.45) is -3.11. The van der Waals surface area contributed by atoms with E-state index in [4.69, 9.17) is 0 Å². The lowest BCUT2D eigenvalue weighted by molar-refractivity contribution is -0.223. The summed E-state index contributed by atoms with van der Waals surface area (Å²) < 4.78 is 40.3. The highest BCUT2D eigenvalue weighted by molar-refractivity contribution is 5.91. The minimum Gasteiger partial charge on any atom is -0.357 e. The van der Waals surface area contributed by atoms with Gasteiger partial charge >= 0.3 is 6.18 Å². The molecule has 0 aromatic carbocycles. The number of nitrogens with one attached hydrogen (secondary N) is 2. The van der Waals surface area contributed by atoms with Crippen molar-refractivity contribution in [3.63, 3.8) is 0 Å². The van der Waals surface area contributed by atoms with Crippen LogP contribution in [-0.2, 0) is 9.59 Å². The molecule has 2 heterocycles. The average Bonchev–Trinajstić information content (AvgIpc) is 2.96. The Bertz CT molecular complexity index is 419. The number of amides is 2. The van der Waals surface area contributed by atoms with Crippen molar-refractivity contribution < 1.29 is 22.8 Å². The molecule has 0 aromatic heterocycles. The van der Waals surface area contributed by atoms with Gasteiger partial charge in [0.15, 0.2) is 5.41 Å². The molecule has 2 rings (SSSR count). The summed E-state index contributed by atoms with van der Waals surface area (Å²) in [5.41, 5.74) is -2.39. The van der Waals surface area contributed by atoms with E-state index < -0.39 is 36.0 Å². The first-order valence-electron chi connectivity index (χ1n) is 7.13.